The summed E-state index contributed by atoms with van der Waals surface area (Å²) in [6.07, 6.45) is -5.44. The van der Waals surface area contributed by atoms with E-state index >= 15 is 0 Å². The van der Waals surface area contributed by atoms with Gasteiger partial charge in [-0.25, -0.2) is 0 Å². The van der Waals surface area contributed by atoms with Crippen molar-refractivity contribution in [1.29, 1.82) is 0 Å². The van der Waals surface area contributed by atoms with Crippen LogP contribution in [-0.4, -0.2) is 0 Å². The molecule has 242 valence electrons. The molecule has 4 aliphatic carbocycles. The van der Waals surface area contributed by atoms with Gasteiger partial charge in [0.25, 0.3) is 0 Å². The van der Waals surface area contributed by atoms with Crippen LogP contribution in [0.5, 0.6) is 0 Å². The van der Waals surface area contributed by atoms with E-state index in [9.17, 15) is 26.3 Å². The average molecular weight is 667 g/mol. The Balaban J connectivity index is 1.44. The normalized spacial score (nSPS) is 16.8. The van der Waals surface area contributed by atoms with E-state index in [4.69, 9.17) is 0 Å². The molecule has 0 bridgehead atoms. The molecule has 0 atom stereocenters. The molecule has 0 aromatic heterocycles. The summed E-state index contributed by atoms with van der Waals surface area (Å²) in [5, 5.41) is 0. The van der Waals surface area contributed by atoms with Crippen molar-refractivity contribution in [2.24, 2.45) is 0 Å². The monoisotopic (exact) mass is 666 g/mol. The molecular formula is C44H24F6. The highest BCUT2D eigenvalue weighted by molar-refractivity contribution is 5.99. The largest absolute Gasteiger partial charge is 0.416 e. The number of allylic oxidation sites excluding steroid dienone is 2. The number of hydrogen-bond donors (Lipinski definition) is 0. The van der Waals surface area contributed by atoms with Crippen molar-refractivity contribution in [3.05, 3.63) is 200 Å². The predicted molar refractivity (Wildman–Crippen MR) is 182 cm³/mol. The van der Waals surface area contributed by atoms with Gasteiger partial charge in [-0.05, 0) is 114 Å². The van der Waals surface area contributed by atoms with Gasteiger partial charge in [-0.2, -0.15) is 26.3 Å². The molecule has 50 heavy (non-hydrogen) atoms. The van der Waals surface area contributed by atoms with Gasteiger partial charge >= 0.3 is 12.4 Å². The molecule has 4 aliphatic rings. The van der Waals surface area contributed by atoms with E-state index in [0.717, 1.165) is 67.8 Å². The van der Waals surface area contributed by atoms with Gasteiger partial charge < -0.3 is 0 Å². The van der Waals surface area contributed by atoms with E-state index in [1.165, 1.54) is 12.1 Å². The lowest BCUT2D eigenvalue weighted by Crippen LogP contribution is -2.42. The molecule has 6 heteroatoms. The van der Waals surface area contributed by atoms with E-state index in [1.54, 1.807) is 12.1 Å². The van der Waals surface area contributed by atoms with E-state index in [2.05, 4.69) is 0 Å². The molecule has 0 saturated heterocycles. The molecule has 0 saturated carbocycles. The molecule has 0 unspecified atom stereocenters. The Morgan fingerprint density at radius 1 is 0.340 bits per heavy atom. The molecule has 2 spiro atoms. The number of fused-ring (bicyclic) bond motifs is 17. The third-order valence-electron chi connectivity index (χ3n) is 11.2. The van der Waals surface area contributed by atoms with Crippen molar-refractivity contribution < 1.29 is 26.3 Å². The molecule has 0 N–H and O–H groups in total. The molecule has 6 aromatic rings. The summed E-state index contributed by atoms with van der Waals surface area (Å²) in [5.74, 6) is 0. The molecular weight excluding hydrogens is 642 g/mol. The van der Waals surface area contributed by atoms with Gasteiger partial charge in [-0.1, -0.05) is 109 Å². The first-order valence-electron chi connectivity index (χ1n) is 16.3. The highest BCUT2D eigenvalue weighted by Crippen LogP contribution is 2.68. The van der Waals surface area contributed by atoms with Gasteiger partial charge in [0.1, 0.15) is 0 Å². The molecule has 0 aliphatic heterocycles. The van der Waals surface area contributed by atoms with E-state index in [1.807, 2.05) is 109 Å². The second-order valence-electron chi connectivity index (χ2n) is 13.4. The van der Waals surface area contributed by atoms with Crippen molar-refractivity contribution in [2.75, 3.05) is 0 Å². The zero-order chi connectivity index (χ0) is 34.2. The maximum atomic E-state index is 14.4. The second kappa shape index (κ2) is 9.54. The maximum absolute atomic E-state index is 14.4. The van der Waals surface area contributed by atoms with Crippen molar-refractivity contribution in [3.63, 3.8) is 0 Å². The lowest BCUT2D eigenvalue weighted by molar-refractivity contribution is -0.138. The van der Waals surface area contributed by atoms with Gasteiger partial charge in [-0.15, -0.1) is 0 Å². The molecule has 0 heterocycles. The standard InChI is InChI=1S/C44H24F6/c45-43(46,47)27-17-19-33-25(21-27)24-40-39(41(33)35-13-5-1-9-29(35)30-10-2-6-14-36(30)41)23-26-22-28(44(48,49)50)18-20-34(26)42(40)37-15-7-3-11-31(37)32-12-4-8-16-38(32)42/h1-24H. The number of halogens is 6. The molecule has 10 rings (SSSR count). The molecule has 0 amide bonds. The van der Waals surface area contributed by atoms with Crippen LogP contribution in [0.15, 0.2) is 145 Å². The lowest BCUT2D eigenvalue weighted by atomic mass is 9.52. The third kappa shape index (κ3) is 3.48. The quantitative estimate of drug-likeness (QED) is 0.142. The summed E-state index contributed by atoms with van der Waals surface area (Å²) < 4.78 is 86.6. The summed E-state index contributed by atoms with van der Waals surface area (Å²) >= 11 is 0. The number of hydrogen-bond acceptors (Lipinski definition) is 0. The third-order valence-corrected chi connectivity index (χ3v) is 11.2. The van der Waals surface area contributed by atoms with E-state index in [0.29, 0.717) is 22.3 Å². The summed E-state index contributed by atoms with van der Waals surface area (Å²) in [6.45, 7) is 0. The van der Waals surface area contributed by atoms with Crippen LogP contribution < -0.4 is 0 Å². The van der Waals surface area contributed by atoms with E-state index in [-0.39, 0.29) is 0 Å². The number of alkyl halides is 6. The van der Waals surface area contributed by atoms with Gasteiger partial charge in [0.05, 0.1) is 22.0 Å². The van der Waals surface area contributed by atoms with Crippen LogP contribution >= 0.6 is 0 Å². The van der Waals surface area contributed by atoms with Crippen molar-refractivity contribution >= 4 is 12.2 Å². The average Bonchev–Trinajstić information content (AvgIpc) is 3.57. The van der Waals surface area contributed by atoms with Crippen LogP contribution in [0, 0.1) is 0 Å². The number of benzene rings is 6. The Labute approximate surface area is 283 Å². The Morgan fingerprint density at radius 2 is 0.640 bits per heavy atom. The van der Waals surface area contributed by atoms with Crippen molar-refractivity contribution in [2.45, 2.75) is 23.2 Å². The zero-order valence-corrected chi connectivity index (χ0v) is 26.1. The van der Waals surface area contributed by atoms with E-state index < -0.39 is 34.3 Å². The Hall–Kier alpha value is -5.62. The Bertz CT molecular complexity index is 2260. The lowest BCUT2D eigenvalue weighted by Gasteiger charge is -2.49. The SMILES string of the molecule is FC(F)(F)c1ccc2c(c1)C=C1C(=Cc3cc(C(F)(F)F)ccc3C13c1ccccc1-c1ccccc13)C21c2ccccc2-c2ccccc21. The first-order valence-corrected chi connectivity index (χ1v) is 16.3. The van der Waals surface area contributed by atoms with Crippen LogP contribution in [-0.2, 0) is 23.2 Å². The van der Waals surface area contributed by atoms with Gasteiger partial charge in [0.15, 0.2) is 0 Å². The number of rotatable bonds is 0. The minimum absolute atomic E-state index is 0.426. The van der Waals surface area contributed by atoms with Crippen LogP contribution in [0.4, 0.5) is 26.3 Å². The van der Waals surface area contributed by atoms with Crippen LogP contribution in [0.3, 0.4) is 0 Å². The maximum Gasteiger partial charge on any atom is 0.416 e. The van der Waals surface area contributed by atoms with Crippen LogP contribution in [0.1, 0.15) is 55.6 Å². The first-order chi connectivity index (χ1) is 24.1. The minimum Gasteiger partial charge on any atom is -0.166 e. The zero-order valence-electron chi connectivity index (χ0n) is 26.1. The molecule has 0 radical (unpaired) electrons. The van der Waals surface area contributed by atoms with Crippen molar-refractivity contribution in [1.82, 2.24) is 0 Å². The molecule has 6 aromatic carbocycles. The van der Waals surface area contributed by atoms with Gasteiger partial charge in [0, 0.05) is 0 Å². The first kappa shape index (κ1) is 29.3. The molecule has 0 nitrogen and oxygen atoms in total. The predicted octanol–water partition coefficient (Wildman–Crippen LogP) is 11.8. The van der Waals surface area contributed by atoms with Gasteiger partial charge in [-0.3, -0.25) is 0 Å². The fourth-order valence-electron chi connectivity index (χ4n) is 9.41. The van der Waals surface area contributed by atoms with Gasteiger partial charge in [0.2, 0.25) is 0 Å². The molecule has 0 fully saturated rings. The fourth-order valence-corrected chi connectivity index (χ4v) is 9.41. The topological polar surface area (TPSA) is 0 Å². The highest BCUT2D eigenvalue weighted by atomic mass is 19.4. The van der Waals surface area contributed by atoms with Crippen LogP contribution in [0.25, 0.3) is 34.4 Å². The Morgan fingerprint density at radius 3 is 0.940 bits per heavy atom. The summed E-state index contributed by atoms with van der Waals surface area (Å²) in [4.78, 5) is 0. The minimum atomic E-state index is -4.58. The van der Waals surface area contributed by atoms with Crippen molar-refractivity contribution in [3.8, 4) is 22.3 Å². The summed E-state index contributed by atoms with van der Waals surface area (Å²) in [6, 6.07) is 39.3. The fraction of sp³-hybridized carbons (Fsp3) is 0.0909. The smallest absolute Gasteiger partial charge is 0.166 e. The second-order valence-corrected chi connectivity index (χ2v) is 13.4. The Kier molecular flexibility index (Phi) is 5.59. The van der Waals surface area contributed by atoms with Crippen LogP contribution in [0.2, 0.25) is 0 Å². The highest BCUT2D eigenvalue weighted by Gasteiger charge is 2.59. The summed E-state index contributed by atoms with van der Waals surface area (Å²) in [7, 11) is 0. The summed E-state index contributed by atoms with van der Waals surface area (Å²) in [5.41, 5.74) is 7.16.